The van der Waals surface area contributed by atoms with Gasteiger partial charge >= 0.3 is 0 Å². The lowest BCUT2D eigenvalue weighted by atomic mass is 9.85. The van der Waals surface area contributed by atoms with E-state index in [1.165, 1.54) is 24.8 Å². The molecule has 1 atom stereocenters. The maximum Gasteiger partial charge on any atom is 0.128 e. The Kier molecular flexibility index (Phi) is 6.88. The monoisotopic (exact) mass is 377 g/mol. The maximum atomic E-state index is 6.97. The Bertz CT molecular complexity index is 859. The minimum Gasteiger partial charge on any atom is -0.496 e. The Morgan fingerprint density at radius 1 is 1.00 bits per heavy atom. The van der Waals surface area contributed by atoms with Gasteiger partial charge in [0.05, 0.1) is 24.5 Å². The van der Waals surface area contributed by atoms with Crippen molar-refractivity contribution < 1.29 is 4.74 Å². The van der Waals surface area contributed by atoms with E-state index in [0.29, 0.717) is 0 Å². The number of hydrogen-bond donors (Lipinski definition) is 2. The Hall–Kier alpha value is -2.59. The second kappa shape index (κ2) is 9.56. The molecule has 1 heterocycles. The minimum absolute atomic E-state index is 0.518. The topological polar surface area (TPSA) is 63.9 Å². The van der Waals surface area contributed by atoms with Gasteiger partial charge in [-0.2, -0.15) is 0 Å². The highest BCUT2D eigenvalue weighted by Crippen LogP contribution is 2.32. The van der Waals surface area contributed by atoms with Gasteiger partial charge < -0.3 is 15.5 Å². The summed E-state index contributed by atoms with van der Waals surface area (Å²) >= 11 is 0. The molecule has 0 radical (unpaired) electrons. The third-order valence-corrected chi connectivity index (χ3v) is 5.28. The molecule has 0 aliphatic carbocycles. The van der Waals surface area contributed by atoms with Crippen LogP contribution >= 0.6 is 0 Å². The Morgan fingerprint density at radius 3 is 2.50 bits per heavy atom. The van der Waals surface area contributed by atoms with E-state index in [1.807, 2.05) is 36.5 Å². The van der Waals surface area contributed by atoms with Crippen molar-refractivity contribution in [3.05, 3.63) is 72.2 Å². The zero-order valence-electron chi connectivity index (χ0n) is 16.9. The number of nitrogens with two attached hydrogens (primary N) is 1. The average molecular weight is 378 g/mol. The molecule has 1 aromatic heterocycles. The molecule has 3 rings (SSSR count). The fraction of sp³-hybridized carbons (Fsp3) is 0.375. The standard InChI is InChI=1S/C24H31N3O/c1-3-4-5-11-16-24(25,17-19-12-7-6-8-13-19)23-26-18-21(27-23)20-14-9-10-15-22(20)28-2/h6-10,12-15,18H,3-5,11,16-17,25H2,1-2H3,(H,26,27). The van der Waals surface area contributed by atoms with Crippen LogP contribution in [0.4, 0.5) is 0 Å². The zero-order valence-corrected chi connectivity index (χ0v) is 16.9. The molecule has 0 aliphatic rings. The highest BCUT2D eigenvalue weighted by molar-refractivity contribution is 5.66. The number of H-pyrrole nitrogens is 1. The van der Waals surface area contributed by atoms with E-state index in [1.54, 1.807) is 7.11 Å². The van der Waals surface area contributed by atoms with Gasteiger partial charge in [0.2, 0.25) is 0 Å². The number of benzene rings is 2. The smallest absolute Gasteiger partial charge is 0.128 e. The number of imidazole rings is 1. The first-order chi connectivity index (χ1) is 13.7. The highest BCUT2D eigenvalue weighted by Gasteiger charge is 2.30. The number of aromatic nitrogens is 2. The summed E-state index contributed by atoms with van der Waals surface area (Å²) in [6, 6.07) is 18.4. The third kappa shape index (κ3) is 4.82. The molecular weight excluding hydrogens is 346 g/mol. The van der Waals surface area contributed by atoms with Crippen LogP contribution < -0.4 is 10.5 Å². The normalized spacial score (nSPS) is 13.2. The average Bonchev–Trinajstić information content (AvgIpc) is 3.23. The van der Waals surface area contributed by atoms with Crippen molar-refractivity contribution in [2.45, 2.75) is 51.0 Å². The van der Waals surface area contributed by atoms with Crippen molar-refractivity contribution in [2.75, 3.05) is 7.11 Å². The molecule has 0 spiro atoms. The minimum atomic E-state index is -0.518. The molecule has 0 bridgehead atoms. The van der Waals surface area contributed by atoms with Gasteiger partial charge in [0.25, 0.3) is 0 Å². The molecule has 4 nitrogen and oxygen atoms in total. The van der Waals surface area contributed by atoms with Gasteiger partial charge in [0.1, 0.15) is 11.6 Å². The van der Waals surface area contributed by atoms with E-state index in [0.717, 1.165) is 42.1 Å². The predicted molar refractivity (Wildman–Crippen MR) is 115 cm³/mol. The number of methoxy groups -OCH3 is 1. The van der Waals surface area contributed by atoms with E-state index in [-0.39, 0.29) is 0 Å². The van der Waals surface area contributed by atoms with Crippen LogP contribution in [0.3, 0.4) is 0 Å². The first-order valence-electron chi connectivity index (χ1n) is 10.2. The Morgan fingerprint density at radius 2 is 1.75 bits per heavy atom. The second-order valence-electron chi connectivity index (χ2n) is 7.47. The number of nitrogens with zero attached hydrogens (tertiary/aromatic N) is 1. The summed E-state index contributed by atoms with van der Waals surface area (Å²) in [5.74, 6) is 1.67. The van der Waals surface area contributed by atoms with Crippen molar-refractivity contribution in [1.29, 1.82) is 0 Å². The number of rotatable bonds is 10. The molecular formula is C24H31N3O. The molecule has 2 aromatic carbocycles. The van der Waals surface area contributed by atoms with Gasteiger partial charge in [0, 0.05) is 5.56 Å². The summed E-state index contributed by atoms with van der Waals surface area (Å²) < 4.78 is 5.50. The van der Waals surface area contributed by atoms with E-state index < -0.39 is 5.54 Å². The van der Waals surface area contributed by atoms with Crippen molar-refractivity contribution in [2.24, 2.45) is 5.73 Å². The van der Waals surface area contributed by atoms with Crippen molar-refractivity contribution in [3.63, 3.8) is 0 Å². The Labute approximate surface area is 168 Å². The summed E-state index contributed by atoms with van der Waals surface area (Å²) in [6.45, 7) is 2.23. The molecule has 0 amide bonds. The van der Waals surface area contributed by atoms with E-state index in [2.05, 4.69) is 36.2 Å². The van der Waals surface area contributed by atoms with Crippen molar-refractivity contribution in [3.8, 4) is 17.0 Å². The van der Waals surface area contributed by atoms with Gasteiger partial charge in [-0.15, -0.1) is 0 Å². The Balaban J connectivity index is 1.88. The first kappa shape index (κ1) is 20.2. The number of aromatic amines is 1. The molecule has 4 heteroatoms. The molecule has 0 saturated heterocycles. The highest BCUT2D eigenvalue weighted by atomic mass is 16.5. The first-order valence-corrected chi connectivity index (χ1v) is 10.2. The van der Waals surface area contributed by atoms with Crippen LogP contribution in [0.5, 0.6) is 5.75 Å². The van der Waals surface area contributed by atoms with Crippen LogP contribution in [0.2, 0.25) is 0 Å². The second-order valence-corrected chi connectivity index (χ2v) is 7.47. The predicted octanol–water partition coefficient (Wildman–Crippen LogP) is 5.45. The number of unbranched alkanes of at least 4 members (excludes halogenated alkanes) is 3. The summed E-state index contributed by atoms with van der Waals surface area (Å²) in [5.41, 5.74) is 9.62. The van der Waals surface area contributed by atoms with Crippen LogP contribution in [0.15, 0.2) is 60.8 Å². The van der Waals surface area contributed by atoms with Gasteiger partial charge in [-0.1, -0.05) is 75.1 Å². The molecule has 0 fully saturated rings. The van der Waals surface area contributed by atoms with E-state index in [4.69, 9.17) is 15.5 Å². The lowest BCUT2D eigenvalue weighted by molar-refractivity contribution is 0.365. The summed E-state index contributed by atoms with van der Waals surface area (Å²) in [4.78, 5) is 8.19. The van der Waals surface area contributed by atoms with Gasteiger partial charge in [-0.25, -0.2) is 4.98 Å². The van der Waals surface area contributed by atoms with Crippen LogP contribution in [-0.2, 0) is 12.0 Å². The summed E-state index contributed by atoms with van der Waals surface area (Å²) in [5, 5.41) is 0. The SMILES string of the molecule is CCCCCCC(N)(Cc1ccccc1)c1ncc(-c2ccccc2OC)[nH]1. The van der Waals surface area contributed by atoms with Crippen LogP contribution in [0.25, 0.3) is 11.3 Å². The van der Waals surface area contributed by atoms with Gasteiger partial charge in [-0.05, 0) is 30.5 Å². The molecule has 3 N–H and O–H groups in total. The quantitative estimate of drug-likeness (QED) is 0.462. The van der Waals surface area contributed by atoms with Crippen molar-refractivity contribution in [1.82, 2.24) is 9.97 Å². The largest absolute Gasteiger partial charge is 0.496 e. The number of hydrogen-bond acceptors (Lipinski definition) is 3. The van der Waals surface area contributed by atoms with Crippen molar-refractivity contribution >= 4 is 0 Å². The van der Waals surface area contributed by atoms with Gasteiger partial charge in [-0.3, -0.25) is 0 Å². The molecule has 1 unspecified atom stereocenters. The lowest BCUT2D eigenvalue weighted by Crippen LogP contribution is -2.40. The molecule has 0 saturated carbocycles. The molecule has 28 heavy (non-hydrogen) atoms. The lowest BCUT2D eigenvalue weighted by Gasteiger charge is -2.28. The van der Waals surface area contributed by atoms with E-state index >= 15 is 0 Å². The van der Waals surface area contributed by atoms with Gasteiger partial charge in [0.15, 0.2) is 0 Å². The molecule has 3 aromatic rings. The van der Waals surface area contributed by atoms with Crippen LogP contribution in [-0.4, -0.2) is 17.1 Å². The van der Waals surface area contributed by atoms with Crippen LogP contribution in [0.1, 0.15) is 50.4 Å². The van der Waals surface area contributed by atoms with E-state index in [9.17, 15) is 0 Å². The zero-order chi connectivity index (χ0) is 19.8. The number of ether oxygens (including phenoxy) is 1. The fourth-order valence-electron chi connectivity index (χ4n) is 3.70. The number of nitrogens with one attached hydrogen (secondary N) is 1. The molecule has 148 valence electrons. The summed E-state index contributed by atoms with van der Waals surface area (Å²) in [6.07, 6.45) is 8.29. The maximum absolute atomic E-state index is 6.97. The summed E-state index contributed by atoms with van der Waals surface area (Å²) in [7, 11) is 1.69. The fourth-order valence-corrected chi connectivity index (χ4v) is 3.70. The third-order valence-electron chi connectivity index (χ3n) is 5.28. The van der Waals surface area contributed by atoms with Crippen LogP contribution in [0, 0.1) is 0 Å². The number of para-hydroxylation sites is 1. The molecule has 0 aliphatic heterocycles.